The molecule has 6 nitrogen and oxygen atoms in total. The number of hydrogen-bond acceptors (Lipinski definition) is 5. The number of methoxy groups -OCH3 is 3. The molecule has 0 aliphatic heterocycles. The Bertz CT molecular complexity index is 793. The molecule has 25 heavy (non-hydrogen) atoms. The van der Waals surface area contributed by atoms with E-state index >= 15 is 0 Å². The van der Waals surface area contributed by atoms with Crippen molar-refractivity contribution in [2.24, 2.45) is 0 Å². The van der Waals surface area contributed by atoms with Gasteiger partial charge in [-0.3, -0.25) is 0 Å². The van der Waals surface area contributed by atoms with Crippen molar-refractivity contribution in [3.05, 3.63) is 47.5 Å². The van der Waals surface area contributed by atoms with Crippen molar-refractivity contribution in [2.45, 2.75) is 6.92 Å². The van der Waals surface area contributed by atoms with E-state index < -0.39 is 5.97 Å². The van der Waals surface area contributed by atoms with Crippen molar-refractivity contribution in [3.63, 3.8) is 0 Å². The van der Waals surface area contributed by atoms with Gasteiger partial charge in [0.2, 0.25) is 0 Å². The molecule has 132 valence electrons. The predicted molar refractivity (Wildman–Crippen MR) is 102 cm³/mol. The predicted octanol–water partition coefficient (Wildman–Crippen LogP) is 3.61. The Hall–Kier alpha value is -2.80. The number of carbonyl (C=O) groups excluding carboxylic acids is 1. The first-order valence-electron chi connectivity index (χ1n) is 7.47. The van der Waals surface area contributed by atoms with Gasteiger partial charge in [0.25, 0.3) is 0 Å². The maximum absolute atomic E-state index is 11.7. The fourth-order valence-corrected chi connectivity index (χ4v) is 2.43. The Morgan fingerprint density at radius 1 is 0.960 bits per heavy atom. The highest BCUT2D eigenvalue weighted by atomic mass is 32.1. The zero-order chi connectivity index (χ0) is 18.4. The fourth-order valence-electron chi connectivity index (χ4n) is 2.20. The summed E-state index contributed by atoms with van der Waals surface area (Å²) < 4.78 is 15.2. The molecule has 0 unspecified atom stereocenters. The molecule has 0 bridgehead atoms. The van der Waals surface area contributed by atoms with E-state index in [1.54, 1.807) is 38.5 Å². The van der Waals surface area contributed by atoms with Crippen LogP contribution in [0.2, 0.25) is 0 Å². The number of carbonyl (C=O) groups is 1. The lowest BCUT2D eigenvalue weighted by molar-refractivity contribution is 0.0601. The number of rotatable bonds is 5. The second kappa shape index (κ2) is 8.34. The van der Waals surface area contributed by atoms with Crippen LogP contribution in [0, 0.1) is 6.92 Å². The number of thiocarbonyl (C=S) groups is 1. The molecule has 0 aromatic heterocycles. The number of anilines is 2. The molecule has 2 aromatic rings. The number of hydrogen-bond donors (Lipinski definition) is 2. The van der Waals surface area contributed by atoms with Crippen LogP contribution in [0.25, 0.3) is 0 Å². The zero-order valence-electron chi connectivity index (χ0n) is 14.5. The quantitative estimate of drug-likeness (QED) is 0.623. The zero-order valence-corrected chi connectivity index (χ0v) is 15.3. The SMILES string of the molecule is COC(=O)c1ccc(C)c(NC(=S)Nc2ccc(OC)c(OC)c2)c1. The molecule has 0 atom stereocenters. The van der Waals surface area contributed by atoms with E-state index in [0.29, 0.717) is 22.2 Å². The van der Waals surface area contributed by atoms with Gasteiger partial charge in [0.05, 0.1) is 26.9 Å². The van der Waals surface area contributed by atoms with Crippen LogP contribution in [-0.4, -0.2) is 32.4 Å². The number of ether oxygens (including phenoxy) is 3. The first kappa shape index (κ1) is 18.5. The van der Waals surface area contributed by atoms with Gasteiger partial charge in [0, 0.05) is 17.4 Å². The lowest BCUT2D eigenvalue weighted by Crippen LogP contribution is -2.20. The summed E-state index contributed by atoms with van der Waals surface area (Å²) >= 11 is 5.35. The van der Waals surface area contributed by atoms with Crippen molar-refractivity contribution in [3.8, 4) is 11.5 Å². The standard InChI is InChI=1S/C18H20N2O4S/c1-11-5-6-12(17(21)24-4)9-14(11)20-18(25)19-13-7-8-15(22-2)16(10-13)23-3/h5-10H,1-4H3,(H2,19,20,25). The van der Waals surface area contributed by atoms with E-state index in [1.807, 2.05) is 19.1 Å². The Morgan fingerprint density at radius 2 is 1.68 bits per heavy atom. The molecule has 0 aliphatic rings. The molecule has 0 radical (unpaired) electrons. The molecule has 0 heterocycles. The van der Waals surface area contributed by atoms with Crippen LogP contribution >= 0.6 is 12.2 Å². The van der Waals surface area contributed by atoms with E-state index in [1.165, 1.54) is 7.11 Å². The molecule has 2 aromatic carbocycles. The molecule has 0 spiro atoms. The largest absolute Gasteiger partial charge is 0.493 e. The molecule has 0 amide bonds. The summed E-state index contributed by atoms with van der Waals surface area (Å²) in [7, 11) is 4.49. The molecule has 0 aliphatic carbocycles. The first-order chi connectivity index (χ1) is 12.0. The van der Waals surface area contributed by atoms with Crippen molar-refractivity contribution in [2.75, 3.05) is 32.0 Å². The van der Waals surface area contributed by atoms with Crippen LogP contribution < -0.4 is 20.1 Å². The smallest absolute Gasteiger partial charge is 0.337 e. The van der Waals surface area contributed by atoms with Gasteiger partial charge in [-0.15, -0.1) is 0 Å². The Balaban J connectivity index is 2.14. The third-order valence-electron chi connectivity index (χ3n) is 3.55. The van der Waals surface area contributed by atoms with Crippen molar-refractivity contribution in [1.82, 2.24) is 0 Å². The monoisotopic (exact) mass is 360 g/mol. The van der Waals surface area contributed by atoms with Gasteiger partial charge in [-0.2, -0.15) is 0 Å². The molecule has 2 rings (SSSR count). The number of nitrogens with one attached hydrogen (secondary N) is 2. The van der Waals surface area contributed by atoms with Crippen LogP contribution in [0.4, 0.5) is 11.4 Å². The molecule has 2 N–H and O–H groups in total. The summed E-state index contributed by atoms with van der Waals surface area (Å²) in [6.07, 6.45) is 0. The van der Waals surface area contributed by atoms with Gasteiger partial charge in [-0.05, 0) is 49.0 Å². The van der Waals surface area contributed by atoms with E-state index in [4.69, 9.17) is 26.4 Å². The Morgan fingerprint density at radius 3 is 2.32 bits per heavy atom. The van der Waals surface area contributed by atoms with E-state index in [9.17, 15) is 4.79 Å². The second-order valence-corrected chi connectivity index (χ2v) is 5.58. The number of benzene rings is 2. The molecule has 0 fully saturated rings. The van der Waals surface area contributed by atoms with Gasteiger partial charge in [-0.25, -0.2) is 4.79 Å². The van der Waals surface area contributed by atoms with E-state index in [0.717, 1.165) is 16.9 Å². The van der Waals surface area contributed by atoms with Gasteiger partial charge in [0.15, 0.2) is 16.6 Å². The van der Waals surface area contributed by atoms with Crippen LogP contribution in [0.3, 0.4) is 0 Å². The van der Waals surface area contributed by atoms with E-state index in [2.05, 4.69) is 10.6 Å². The van der Waals surface area contributed by atoms with E-state index in [-0.39, 0.29) is 0 Å². The highest BCUT2D eigenvalue weighted by molar-refractivity contribution is 7.80. The van der Waals surface area contributed by atoms with Crippen LogP contribution in [0.15, 0.2) is 36.4 Å². The molecule has 0 saturated heterocycles. The number of esters is 1. The summed E-state index contributed by atoms with van der Waals surface area (Å²) in [4.78, 5) is 11.7. The van der Waals surface area contributed by atoms with Crippen LogP contribution in [-0.2, 0) is 4.74 Å². The first-order valence-corrected chi connectivity index (χ1v) is 7.88. The maximum atomic E-state index is 11.7. The van der Waals surface area contributed by atoms with Gasteiger partial charge < -0.3 is 24.8 Å². The summed E-state index contributed by atoms with van der Waals surface area (Å²) in [6.45, 7) is 1.92. The van der Waals surface area contributed by atoms with Gasteiger partial charge in [-0.1, -0.05) is 6.07 Å². The van der Waals surface area contributed by atoms with Crippen LogP contribution in [0.1, 0.15) is 15.9 Å². The van der Waals surface area contributed by atoms with Gasteiger partial charge >= 0.3 is 5.97 Å². The summed E-state index contributed by atoms with van der Waals surface area (Å²) in [6, 6.07) is 10.6. The fraction of sp³-hybridized carbons (Fsp3) is 0.222. The summed E-state index contributed by atoms with van der Waals surface area (Å²) in [5.41, 5.74) is 2.87. The third kappa shape index (κ3) is 4.60. The van der Waals surface area contributed by atoms with Crippen molar-refractivity contribution in [1.29, 1.82) is 0 Å². The highest BCUT2D eigenvalue weighted by Crippen LogP contribution is 2.29. The maximum Gasteiger partial charge on any atom is 0.337 e. The molecular formula is C18H20N2O4S. The highest BCUT2D eigenvalue weighted by Gasteiger charge is 2.10. The van der Waals surface area contributed by atoms with Crippen molar-refractivity contribution >= 4 is 34.7 Å². The summed E-state index contributed by atoms with van der Waals surface area (Å²) in [5.74, 6) is 0.828. The minimum atomic E-state index is -0.401. The van der Waals surface area contributed by atoms with Crippen LogP contribution in [0.5, 0.6) is 11.5 Å². The average Bonchev–Trinajstić information content (AvgIpc) is 2.62. The molecule has 7 heteroatoms. The normalized spacial score (nSPS) is 9.92. The van der Waals surface area contributed by atoms with Gasteiger partial charge in [0.1, 0.15) is 0 Å². The Labute approximate surface area is 152 Å². The minimum Gasteiger partial charge on any atom is -0.493 e. The molecular weight excluding hydrogens is 340 g/mol. The number of aryl methyl sites for hydroxylation is 1. The van der Waals surface area contributed by atoms with Crippen molar-refractivity contribution < 1.29 is 19.0 Å². The minimum absolute atomic E-state index is 0.386. The Kier molecular flexibility index (Phi) is 6.19. The summed E-state index contributed by atoms with van der Waals surface area (Å²) in [5, 5.41) is 6.55. The topological polar surface area (TPSA) is 68.8 Å². The third-order valence-corrected chi connectivity index (χ3v) is 3.75. The average molecular weight is 360 g/mol. The second-order valence-electron chi connectivity index (χ2n) is 5.17. The molecule has 0 saturated carbocycles. The lowest BCUT2D eigenvalue weighted by atomic mass is 10.1. The lowest BCUT2D eigenvalue weighted by Gasteiger charge is -2.15.